The molecular weight excluding hydrogens is 202 g/mol. The third-order valence-corrected chi connectivity index (χ3v) is 1.83. The van der Waals surface area contributed by atoms with E-state index in [1.807, 2.05) is 6.21 Å². The van der Waals surface area contributed by atoms with E-state index in [4.69, 9.17) is 0 Å². The summed E-state index contributed by atoms with van der Waals surface area (Å²) in [6.07, 6.45) is 7.22. The largest absolute Gasteiger partial charge is 0.253 e. The van der Waals surface area contributed by atoms with Crippen LogP contribution in [0, 0.1) is 5.92 Å². The zero-order valence-corrected chi connectivity index (χ0v) is 8.43. The summed E-state index contributed by atoms with van der Waals surface area (Å²) in [6.45, 7) is 4.36. The lowest BCUT2D eigenvalue weighted by Crippen LogP contribution is -1.91. The molecule has 0 aromatic rings. The van der Waals surface area contributed by atoms with Gasteiger partial charge in [-0.1, -0.05) is 19.9 Å². The molecule has 0 amide bonds. The molecule has 1 nitrogen and oxygen atoms in total. The smallest absolute Gasteiger partial charge is 0.105 e. The molecule has 1 heterocycles. The Hall–Kier alpha value is -0.370. The molecule has 0 atom stereocenters. The Labute approximate surface area is 76.0 Å². The van der Waals surface area contributed by atoms with Gasteiger partial charge in [-0.2, -0.15) is 0 Å². The minimum atomic E-state index is 0.619. The summed E-state index contributed by atoms with van der Waals surface area (Å²) in [5.41, 5.74) is 1.35. The summed E-state index contributed by atoms with van der Waals surface area (Å²) in [6, 6.07) is 0. The molecule has 1 rings (SSSR count). The zero-order valence-electron chi connectivity index (χ0n) is 6.84. The van der Waals surface area contributed by atoms with Crippen LogP contribution in [0.25, 0.3) is 0 Å². The Kier molecular flexibility index (Phi) is 3.06. The fourth-order valence-electron chi connectivity index (χ4n) is 1.03. The van der Waals surface area contributed by atoms with E-state index in [0.717, 1.165) is 11.0 Å². The second-order valence-corrected chi connectivity index (χ2v) is 3.78. The van der Waals surface area contributed by atoms with Crippen LogP contribution in [0.3, 0.4) is 0 Å². The lowest BCUT2D eigenvalue weighted by Gasteiger charge is -2.05. The maximum absolute atomic E-state index is 4.10. The Bertz CT molecular complexity index is 224. The lowest BCUT2D eigenvalue weighted by atomic mass is 10.1. The van der Waals surface area contributed by atoms with Gasteiger partial charge in [0.1, 0.15) is 4.61 Å². The highest BCUT2D eigenvalue weighted by atomic mass is 79.9. The van der Waals surface area contributed by atoms with Gasteiger partial charge in [-0.25, -0.2) is 0 Å². The first-order valence-electron chi connectivity index (χ1n) is 3.79. The molecule has 0 aliphatic carbocycles. The van der Waals surface area contributed by atoms with Gasteiger partial charge in [0, 0.05) is 12.6 Å². The van der Waals surface area contributed by atoms with Gasteiger partial charge < -0.3 is 0 Å². The number of allylic oxidation sites excluding steroid dienone is 3. The molecular formula is C9H12BrN. The third kappa shape index (κ3) is 3.02. The predicted molar refractivity (Wildman–Crippen MR) is 53.0 cm³/mol. The molecule has 1 aliphatic heterocycles. The first-order chi connectivity index (χ1) is 5.18. The highest BCUT2D eigenvalue weighted by Crippen LogP contribution is 2.18. The summed E-state index contributed by atoms with van der Waals surface area (Å²) in [5.74, 6) is 0.619. The molecule has 2 heteroatoms. The number of halogens is 1. The van der Waals surface area contributed by atoms with Gasteiger partial charge >= 0.3 is 0 Å². The zero-order chi connectivity index (χ0) is 8.27. The number of rotatable bonds is 1. The number of nitrogens with zero attached hydrogens (tertiary/aromatic N) is 1. The van der Waals surface area contributed by atoms with Crippen LogP contribution >= 0.6 is 15.9 Å². The molecule has 0 radical (unpaired) electrons. The van der Waals surface area contributed by atoms with Gasteiger partial charge in [0.15, 0.2) is 0 Å². The van der Waals surface area contributed by atoms with Crippen molar-refractivity contribution < 1.29 is 0 Å². The van der Waals surface area contributed by atoms with E-state index in [2.05, 4.69) is 46.9 Å². The molecule has 0 spiro atoms. The maximum Gasteiger partial charge on any atom is 0.105 e. The molecule has 1 aliphatic rings. The Balaban J connectivity index is 2.70. The van der Waals surface area contributed by atoms with E-state index < -0.39 is 0 Å². The third-order valence-electron chi connectivity index (χ3n) is 1.39. The van der Waals surface area contributed by atoms with E-state index >= 15 is 0 Å². The summed E-state index contributed by atoms with van der Waals surface area (Å²) in [4.78, 5) is 4.10. The summed E-state index contributed by atoms with van der Waals surface area (Å²) in [7, 11) is 0. The van der Waals surface area contributed by atoms with E-state index in [-0.39, 0.29) is 0 Å². The number of hydrogen-bond donors (Lipinski definition) is 0. The SMILES string of the molecule is CC(C)/C=C1\C=C(Br)N=CC1. The Morgan fingerprint density at radius 3 is 2.91 bits per heavy atom. The van der Waals surface area contributed by atoms with E-state index in [1.54, 1.807) is 0 Å². The van der Waals surface area contributed by atoms with Crippen molar-refractivity contribution in [2.45, 2.75) is 20.3 Å². The van der Waals surface area contributed by atoms with Crippen molar-refractivity contribution in [3.63, 3.8) is 0 Å². The Morgan fingerprint density at radius 1 is 1.64 bits per heavy atom. The molecule has 0 saturated carbocycles. The molecule has 0 fully saturated rings. The highest BCUT2D eigenvalue weighted by Gasteiger charge is 1.99. The van der Waals surface area contributed by atoms with Crippen LogP contribution in [0.5, 0.6) is 0 Å². The minimum absolute atomic E-state index is 0.619. The van der Waals surface area contributed by atoms with Crippen LogP contribution in [0.15, 0.2) is 27.3 Å². The predicted octanol–water partition coefficient (Wildman–Crippen LogP) is 3.28. The average Bonchev–Trinajstić information content (AvgIpc) is 1.85. The van der Waals surface area contributed by atoms with Crippen molar-refractivity contribution in [3.8, 4) is 0 Å². The summed E-state index contributed by atoms with van der Waals surface area (Å²) in [5, 5.41) is 0. The molecule has 0 bridgehead atoms. The van der Waals surface area contributed by atoms with E-state index in [9.17, 15) is 0 Å². The molecule has 0 unspecified atom stereocenters. The summed E-state index contributed by atoms with van der Waals surface area (Å²) < 4.78 is 0.927. The fraction of sp³-hybridized carbons (Fsp3) is 0.444. The lowest BCUT2D eigenvalue weighted by molar-refractivity contribution is 0.822. The van der Waals surface area contributed by atoms with Crippen LogP contribution in [0.2, 0.25) is 0 Å². The topological polar surface area (TPSA) is 12.4 Å². The van der Waals surface area contributed by atoms with E-state index in [0.29, 0.717) is 5.92 Å². The van der Waals surface area contributed by atoms with Gasteiger partial charge in [-0.05, 0) is 33.5 Å². The second kappa shape index (κ2) is 3.86. The normalized spacial score (nSPS) is 21.1. The van der Waals surface area contributed by atoms with Crippen molar-refractivity contribution in [3.05, 3.63) is 22.3 Å². The fourth-order valence-corrected chi connectivity index (χ4v) is 1.47. The van der Waals surface area contributed by atoms with E-state index in [1.165, 1.54) is 5.57 Å². The molecule has 11 heavy (non-hydrogen) atoms. The van der Waals surface area contributed by atoms with Crippen LogP contribution in [-0.4, -0.2) is 6.21 Å². The Morgan fingerprint density at radius 2 is 2.36 bits per heavy atom. The average molecular weight is 214 g/mol. The van der Waals surface area contributed by atoms with Gasteiger partial charge in [-0.3, -0.25) is 4.99 Å². The monoisotopic (exact) mass is 213 g/mol. The van der Waals surface area contributed by atoms with Crippen LogP contribution < -0.4 is 0 Å². The molecule has 60 valence electrons. The van der Waals surface area contributed by atoms with Crippen LogP contribution in [0.4, 0.5) is 0 Å². The number of aliphatic imine (C=N–C) groups is 1. The molecule has 0 N–H and O–H groups in total. The molecule has 0 saturated heterocycles. The van der Waals surface area contributed by atoms with Gasteiger partial charge in [0.2, 0.25) is 0 Å². The van der Waals surface area contributed by atoms with Crippen LogP contribution in [-0.2, 0) is 0 Å². The standard InChI is InChI=1S/C9H12BrN/c1-7(2)5-8-3-4-11-9(10)6-8/h4-7H,3H2,1-2H3/b8-5-. The molecule has 0 aromatic carbocycles. The maximum atomic E-state index is 4.10. The first kappa shape index (κ1) is 8.72. The van der Waals surface area contributed by atoms with Crippen molar-refractivity contribution in [2.24, 2.45) is 10.9 Å². The number of hydrogen-bond acceptors (Lipinski definition) is 1. The highest BCUT2D eigenvalue weighted by molar-refractivity contribution is 9.11. The summed E-state index contributed by atoms with van der Waals surface area (Å²) >= 11 is 3.34. The van der Waals surface area contributed by atoms with Crippen molar-refractivity contribution >= 4 is 22.1 Å². The van der Waals surface area contributed by atoms with Gasteiger partial charge in [0.25, 0.3) is 0 Å². The minimum Gasteiger partial charge on any atom is -0.253 e. The quantitative estimate of drug-likeness (QED) is 0.594. The van der Waals surface area contributed by atoms with Gasteiger partial charge in [0.05, 0.1) is 0 Å². The second-order valence-electron chi connectivity index (χ2n) is 2.97. The van der Waals surface area contributed by atoms with Crippen molar-refractivity contribution in [1.82, 2.24) is 0 Å². The van der Waals surface area contributed by atoms with Crippen LogP contribution in [0.1, 0.15) is 20.3 Å². The first-order valence-corrected chi connectivity index (χ1v) is 4.58. The van der Waals surface area contributed by atoms with Crippen molar-refractivity contribution in [1.29, 1.82) is 0 Å². The van der Waals surface area contributed by atoms with Gasteiger partial charge in [-0.15, -0.1) is 0 Å². The van der Waals surface area contributed by atoms with Crippen molar-refractivity contribution in [2.75, 3.05) is 0 Å². The molecule has 0 aromatic heterocycles.